The van der Waals surface area contributed by atoms with Crippen LogP contribution < -0.4 is 16.0 Å². The van der Waals surface area contributed by atoms with Crippen LogP contribution in [0.5, 0.6) is 0 Å². The first-order valence-corrected chi connectivity index (χ1v) is 10.3. The molecule has 1 aliphatic carbocycles. The molecule has 7 nitrogen and oxygen atoms in total. The van der Waals surface area contributed by atoms with Crippen LogP contribution in [0.2, 0.25) is 0 Å². The van der Waals surface area contributed by atoms with E-state index >= 15 is 0 Å². The lowest BCUT2D eigenvalue weighted by Crippen LogP contribution is -2.42. The smallest absolute Gasteiger partial charge is 0.223 e. The number of carbonyl (C=O) groups excluding carboxylic acids is 1. The standard InChI is InChI=1S/C17H26N4O3S.HI/c1-2-18-17(20-11-10-19-16(22)14-8-9-14)21-12-13-25(23,24)15-6-4-3-5-7-15;/h3-7,14H,2,8-13H2,1H3,(H,19,22)(H2,18,20,21);1H. The minimum Gasteiger partial charge on any atom is -0.357 e. The molecule has 0 radical (unpaired) electrons. The summed E-state index contributed by atoms with van der Waals surface area (Å²) in [6.45, 7) is 3.83. The number of rotatable bonds is 9. The fourth-order valence-electron chi connectivity index (χ4n) is 2.22. The second-order valence-corrected chi connectivity index (χ2v) is 7.99. The number of hydrogen-bond donors (Lipinski definition) is 3. The van der Waals surface area contributed by atoms with E-state index in [1.807, 2.05) is 6.92 Å². The highest BCUT2D eigenvalue weighted by molar-refractivity contribution is 14.0. The zero-order valence-corrected chi connectivity index (χ0v) is 18.0. The number of amides is 1. The van der Waals surface area contributed by atoms with Gasteiger partial charge in [-0.1, -0.05) is 18.2 Å². The van der Waals surface area contributed by atoms with Crippen LogP contribution in [0.1, 0.15) is 19.8 Å². The van der Waals surface area contributed by atoms with E-state index in [4.69, 9.17) is 0 Å². The van der Waals surface area contributed by atoms with E-state index < -0.39 is 9.84 Å². The third-order valence-corrected chi connectivity index (χ3v) is 5.45. The van der Waals surface area contributed by atoms with Crippen LogP contribution in [-0.4, -0.2) is 52.2 Å². The van der Waals surface area contributed by atoms with Crippen molar-refractivity contribution in [3.8, 4) is 0 Å². The molecule has 0 heterocycles. The molecule has 26 heavy (non-hydrogen) atoms. The van der Waals surface area contributed by atoms with E-state index in [9.17, 15) is 13.2 Å². The first-order valence-electron chi connectivity index (χ1n) is 8.60. The maximum absolute atomic E-state index is 12.2. The van der Waals surface area contributed by atoms with Crippen LogP contribution >= 0.6 is 24.0 Å². The van der Waals surface area contributed by atoms with Crippen molar-refractivity contribution >= 4 is 45.7 Å². The summed E-state index contributed by atoms with van der Waals surface area (Å²) in [6.07, 6.45) is 1.97. The molecule has 0 saturated heterocycles. The number of nitrogens with one attached hydrogen (secondary N) is 3. The van der Waals surface area contributed by atoms with Crippen molar-refractivity contribution < 1.29 is 13.2 Å². The Labute approximate surface area is 172 Å². The summed E-state index contributed by atoms with van der Waals surface area (Å²) >= 11 is 0. The molecule has 3 N–H and O–H groups in total. The van der Waals surface area contributed by atoms with Crippen molar-refractivity contribution in [2.75, 3.05) is 31.9 Å². The number of guanidine groups is 1. The van der Waals surface area contributed by atoms with Gasteiger partial charge in [0.25, 0.3) is 0 Å². The van der Waals surface area contributed by atoms with E-state index in [0.717, 1.165) is 12.8 Å². The van der Waals surface area contributed by atoms with Gasteiger partial charge in [0.05, 0.1) is 17.2 Å². The first kappa shape index (κ1) is 22.7. The molecule has 146 valence electrons. The van der Waals surface area contributed by atoms with Crippen LogP contribution in [0.4, 0.5) is 0 Å². The van der Waals surface area contributed by atoms with Crippen molar-refractivity contribution in [2.45, 2.75) is 24.7 Å². The molecule has 0 spiro atoms. The third kappa shape index (κ3) is 7.90. The zero-order chi connectivity index (χ0) is 18.1. The zero-order valence-electron chi connectivity index (χ0n) is 14.9. The van der Waals surface area contributed by atoms with Crippen molar-refractivity contribution in [3.05, 3.63) is 30.3 Å². The number of halogens is 1. The van der Waals surface area contributed by atoms with Crippen molar-refractivity contribution in [1.82, 2.24) is 16.0 Å². The highest BCUT2D eigenvalue weighted by atomic mass is 127. The van der Waals surface area contributed by atoms with E-state index in [-0.39, 0.29) is 48.1 Å². The Balaban J connectivity index is 0.00000338. The minimum atomic E-state index is -3.33. The fraction of sp³-hybridized carbons (Fsp3) is 0.529. The average molecular weight is 494 g/mol. The molecule has 1 aromatic carbocycles. The predicted octanol–water partition coefficient (Wildman–Crippen LogP) is 1.16. The molecule has 0 unspecified atom stereocenters. The summed E-state index contributed by atoms with van der Waals surface area (Å²) < 4.78 is 24.4. The van der Waals surface area contributed by atoms with Crippen molar-refractivity contribution in [2.24, 2.45) is 10.9 Å². The third-order valence-electron chi connectivity index (χ3n) is 3.74. The van der Waals surface area contributed by atoms with Crippen LogP contribution in [0.15, 0.2) is 40.2 Å². The summed E-state index contributed by atoms with van der Waals surface area (Å²) in [6, 6.07) is 8.37. The molecule has 0 bridgehead atoms. The number of sulfone groups is 1. The predicted molar refractivity (Wildman–Crippen MR) is 114 cm³/mol. The molecule has 2 rings (SSSR count). The van der Waals surface area contributed by atoms with Gasteiger partial charge < -0.3 is 16.0 Å². The van der Waals surface area contributed by atoms with E-state index in [2.05, 4.69) is 20.9 Å². The summed E-state index contributed by atoms with van der Waals surface area (Å²) in [5, 5.41) is 9.02. The normalized spacial score (nSPS) is 14.3. The molecule has 0 atom stereocenters. The first-order chi connectivity index (χ1) is 12.0. The highest BCUT2D eigenvalue weighted by Crippen LogP contribution is 2.28. The summed E-state index contributed by atoms with van der Waals surface area (Å²) in [7, 11) is -3.33. The van der Waals surface area contributed by atoms with Gasteiger partial charge in [0.2, 0.25) is 5.91 Å². The number of nitrogens with zero attached hydrogens (tertiary/aromatic N) is 1. The van der Waals surface area contributed by atoms with E-state index in [1.165, 1.54) is 0 Å². The second kappa shape index (κ2) is 11.4. The molecular weight excluding hydrogens is 467 g/mol. The van der Waals surface area contributed by atoms with Gasteiger partial charge >= 0.3 is 0 Å². The molecule has 0 aliphatic heterocycles. The van der Waals surface area contributed by atoms with Gasteiger partial charge in [0.1, 0.15) is 0 Å². The highest BCUT2D eigenvalue weighted by Gasteiger charge is 2.28. The maximum atomic E-state index is 12.2. The second-order valence-electron chi connectivity index (χ2n) is 5.88. The lowest BCUT2D eigenvalue weighted by Gasteiger charge is -2.12. The van der Waals surface area contributed by atoms with Gasteiger partial charge in [-0.3, -0.25) is 9.79 Å². The summed E-state index contributed by atoms with van der Waals surface area (Å²) in [5.74, 6) is 0.806. The van der Waals surface area contributed by atoms with Crippen LogP contribution in [0, 0.1) is 5.92 Å². The Bertz CT molecular complexity index is 691. The largest absolute Gasteiger partial charge is 0.357 e. The van der Waals surface area contributed by atoms with Crippen molar-refractivity contribution in [3.63, 3.8) is 0 Å². The lowest BCUT2D eigenvalue weighted by molar-refractivity contribution is -0.122. The molecule has 0 aromatic heterocycles. The van der Waals surface area contributed by atoms with Crippen LogP contribution in [0.3, 0.4) is 0 Å². The fourth-order valence-corrected chi connectivity index (χ4v) is 3.36. The molecule has 1 aliphatic rings. The number of aliphatic imine (C=N–C) groups is 1. The lowest BCUT2D eigenvalue weighted by atomic mass is 10.4. The number of benzene rings is 1. The Morgan fingerprint density at radius 1 is 1.12 bits per heavy atom. The SMILES string of the molecule is CCNC(=NCCS(=O)(=O)c1ccccc1)NCCNC(=O)C1CC1.I. The van der Waals surface area contributed by atoms with Crippen LogP contribution in [0.25, 0.3) is 0 Å². The Hall–Kier alpha value is -1.36. The molecule has 1 amide bonds. The van der Waals surface area contributed by atoms with E-state index in [1.54, 1.807) is 30.3 Å². The minimum absolute atomic E-state index is 0. The number of hydrogen-bond acceptors (Lipinski definition) is 4. The molecule has 1 saturated carbocycles. The average Bonchev–Trinajstić information content (AvgIpc) is 3.44. The molecule has 1 aromatic rings. The van der Waals surface area contributed by atoms with Gasteiger partial charge in [-0.2, -0.15) is 0 Å². The summed E-state index contributed by atoms with van der Waals surface area (Å²) in [5.41, 5.74) is 0. The van der Waals surface area contributed by atoms with Gasteiger partial charge in [-0.05, 0) is 31.9 Å². The van der Waals surface area contributed by atoms with Gasteiger partial charge in [-0.25, -0.2) is 8.42 Å². The molecule has 1 fully saturated rings. The Morgan fingerprint density at radius 2 is 1.77 bits per heavy atom. The topological polar surface area (TPSA) is 99.7 Å². The Morgan fingerprint density at radius 3 is 2.38 bits per heavy atom. The quantitative estimate of drug-likeness (QED) is 0.207. The number of carbonyl (C=O) groups is 1. The monoisotopic (exact) mass is 494 g/mol. The van der Waals surface area contributed by atoms with Crippen LogP contribution in [-0.2, 0) is 14.6 Å². The maximum Gasteiger partial charge on any atom is 0.223 e. The van der Waals surface area contributed by atoms with E-state index in [0.29, 0.717) is 30.5 Å². The van der Waals surface area contributed by atoms with Gasteiger partial charge in [-0.15, -0.1) is 24.0 Å². The molecule has 9 heteroatoms. The van der Waals surface area contributed by atoms with Gasteiger partial charge in [0.15, 0.2) is 15.8 Å². The Kier molecular flexibility index (Phi) is 9.92. The molecular formula is C17H27IN4O3S. The summed E-state index contributed by atoms with van der Waals surface area (Å²) in [4.78, 5) is 16.1. The van der Waals surface area contributed by atoms with Crippen molar-refractivity contribution in [1.29, 1.82) is 0 Å². The van der Waals surface area contributed by atoms with Gasteiger partial charge in [0, 0.05) is 25.6 Å².